The predicted molar refractivity (Wildman–Crippen MR) is 69.0 cm³/mol. The van der Waals surface area contributed by atoms with Gasteiger partial charge in [-0.3, -0.25) is 0 Å². The summed E-state index contributed by atoms with van der Waals surface area (Å²) in [6.07, 6.45) is 1.37. The first-order valence-electron chi connectivity index (χ1n) is 5.53. The lowest BCUT2D eigenvalue weighted by molar-refractivity contribution is 0.0585. The fraction of sp³-hybridized carbons (Fsp3) is 0.0769. The molecule has 0 aliphatic rings. The lowest BCUT2D eigenvalue weighted by Crippen LogP contribution is -2.07. The van der Waals surface area contributed by atoms with Crippen molar-refractivity contribution in [2.75, 3.05) is 12.8 Å². The summed E-state index contributed by atoms with van der Waals surface area (Å²) in [5, 5.41) is 8.75. The highest BCUT2D eigenvalue weighted by Gasteiger charge is 2.11. The number of ether oxygens (including phenoxy) is 2. The number of aromatic nitrogens is 2. The maximum Gasteiger partial charge on any atom is 0.376 e. The Kier molecular flexibility index (Phi) is 3.77. The molecule has 1 aromatic carbocycles. The van der Waals surface area contributed by atoms with Gasteiger partial charge in [-0.15, -0.1) is 0 Å². The SMILES string of the molecule is COC(=O)c1nccc(Oc2ccc(C#N)cc2N)n1. The molecule has 0 saturated carbocycles. The van der Waals surface area contributed by atoms with Crippen molar-refractivity contribution in [3.8, 4) is 17.7 Å². The Hall–Kier alpha value is -3.14. The van der Waals surface area contributed by atoms with Crippen LogP contribution in [0.5, 0.6) is 11.6 Å². The van der Waals surface area contributed by atoms with Crippen LogP contribution in [0.15, 0.2) is 30.5 Å². The first-order chi connectivity index (χ1) is 9.63. The van der Waals surface area contributed by atoms with E-state index in [0.29, 0.717) is 17.0 Å². The van der Waals surface area contributed by atoms with E-state index in [1.807, 2.05) is 6.07 Å². The van der Waals surface area contributed by atoms with Gasteiger partial charge in [0.2, 0.25) is 11.7 Å². The molecule has 7 nitrogen and oxygen atoms in total. The van der Waals surface area contributed by atoms with Crippen LogP contribution in [0.3, 0.4) is 0 Å². The molecule has 7 heteroatoms. The topological polar surface area (TPSA) is 111 Å². The summed E-state index contributed by atoms with van der Waals surface area (Å²) in [7, 11) is 1.23. The van der Waals surface area contributed by atoms with Crippen LogP contribution < -0.4 is 10.5 Å². The second kappa shape index (κ2) is 5.67. The van der Waals surface area contributed by atoms with Gasteiger partial charge in [-0.1, -0.05) is 0 Å². The molecule has 0 amide bonds. The molecule has 1 heterocycles. The third-order valence-electron chi connectivity index (χ3n) is 2.35. The Morgan fingerprint density at radius 1 is 1.40 bits per heavy atom. The highest BCUT2D eigenvalue weighted by atomic mass is 16.5. The van der Waals surface area contributed by atoms with Crippen LogP contribution in [-0.4, -0.2) is 23.0 Å². The third-order valence-corrected chi connectivity index (χ3v) is 2.35. The summed E-state index contributed by atoms with van der Waals surface area (Å²) < 4.78 is 9.97. The Morgan fingerprint density at radius 3 is 2.85 bits per heavy atom. The monoisotopic (exact) mass is 270 g/mol. The molecule has 2 aromatic rings. The number of nitriles is 1. The zero-order valence-corrected chi connectivity index (χ0v) is 10.5. The van der Waals surface area contributed by atoms with Gasteiger partial charge in [0, 0.05) is 12.3 Å². The zero-order valence-electron chi connectivity index (χ0n) is 10.5. The molecular weight excluding hydrogens is 260 g/mol. The summed E-state index contributed by atoms with van der Waals surface area (Å²) in [4.78, 5) is 19.0. The molecule has 0 aliphatic heterocycles. The number of nitrogens with zero attached hydrogens (tertiary/aromatic N) is 3. The second-order valence-electron chi connectivity index (χ2n) is 3.68. The van der Waals surface area contributed by atoms with Crippen LogP contribution >= 0.6 is 0 Å². The maximum atomic E-state index is 11.3. The smallest absolute Gasteiger partial charge is 0.376 e. The standard InChI is InChI=1S/C13H10N4O3/c1-19-13(18)12-16-5-4-11(17-12)20-10-3-2-8(7-14)6-9(10)15/h2-6H,15H2,1H3. The van der Waals surface area contributed by atoms with Gasteiger partial charge in [0.15, 0.2) is 5.75 Å². The number of carbonyl (C=O) groups is 1. The number of hydrogen-bond donors (Lipinski definition) is 1. The van der Waals surface area contributed by atoms with E-state index in [1.165, 1.54) is 25.4 Å². The highest BCUT2D eigenvalue weighted by Crippen LogP contribution is 2.26. The van der Waals surface area contributed by atoms with E-state index in [9.17, 15) is 4.79 Å². The predicted octanol–water partition coefficient (Wildman–Crippen LogP) is 1.51. The first-order valence-corrected chi connectivity index (χ1v) is 5.53. The summed E-state index contributed by atoms with van der Waals surface area (Å²) >= 11 is 0. The fourth-order valence-electron chi connectivity index (χ4n) is 1.41. The maximum absolute atomic E-state index is 11.3. The van der Waals surface area contributed by atoms with E-state index in [0.717, 1.165) is 0 Å². The van der Waals surface area contributed by atoms with Gasteiger partial charge in [0.1, 0.15) is 0 Å². The van der Waals surface area contributed by atoms with E-state index in [2.05, 4.69) is 14.7 Å². The molecule has 0 unspecified atom stereocenters. The summed E-state index contributed by atoms with van der Waals surface area (Å²) in [6.45, 7) is 0. The number of nitrogens with two attached hydrogens (primary N) is 1. The van der Waals surface area contributed by atoms with Crippen LogP contribution in [0.1, 0.15) is 16.2 Å². The average Bonchev–Trinajstić information content (AvgIpc) is 2.48. The number of carbonyl (C=O) groups excluding carboxylic acids is 1. The molecule has 1 aromatic heterocycles. The normalized spacial score (nSPS) is 9.60. The van der Waals surface area contributed by atoms with Crippen molar-refractivity contribution in [1.82, 2.24) is 9.97 Å². The minimum absolute atomic E-state index is 0.114. The first kappa shape index (κ1) is 13.3. The lowest BCUT2D eigenvalue weighted by atomic mass is 10.2. The molecule has 2 rings (SSSR count). The van der Waals surface area contributed by atoms with Gasteiger partial charge >= 0.3 is 5.97 Å². The van der Waals surface area contributed by atoms with Gasteiger partial charge in [-0.25, -0.2) is 9.78 Å². The van der Waals surface area contributed by atoms with Gasteiger partial charge < -0.3 is 15.2 Å². The number of anilines is 1. The highest BCUT2D eigenvalue weighted by molar-refractivity contribution is 5.85. The van der Waals surface area contributed by atoms with E-state index in [1.54, 1.807) is 12.1 Å². The molecule has 0 bridgehead atoms. The summed E-state index contributed by atoms with van der Waals surface area (Å²) in [6, 6.07) is 8.04. The number of nitrogen functional groups attached to an aromatic ring is 1. The molecule has 20 heavy (non-hydrogen) atoms. The Bertz CT molecular complexity index is 694. The largest absolute Gasteiger partial charge is 0.463 e. The fourth-order valence-corrected chi connectivity index (χ4v) is 1.41. The number of benzene rings is 1. The van der Waals surface area contributed by atoms with Crippen LogP contribution in [0.2, 0.25) is 0 Å². The van der Waals surface area contributed by atoms with Crippen molar-refractivity contribution >= 4 is 11.7 Å². The van der Waals surface area contributed by atoms with Crippen molar-refractivity contribution in [1.29, 1.82) is 5.26 Å². The van der Waals surface area contributed by atoms with Crippen molar-refractivity contribution < 1.29 is 14.3 Å². The van der Waals surface area contributed by atoms with Gasteiger partial charge in [-0.05, 0) is 18.2 Å². The average molecular weight is 270 g/mol. The van der Waals surface area contributed by atoms with Gasteiger partial charge in [0.25, 0.3) is 0 Å². The van der Waals surface area contributed by atoms with Crippen molar-refractivity contribution in [2.24, 2.45) is 0 Å². The molecule has 0 aliphatic carbocycles. The van der Waals surface area contributed by atoms with E-state index >= 15 is 0 Å². The minimum atomic E-state index is -0.664. The van der Waals surface area contributed by atoms with E-state index in [-0.39, 0.29) is 11.7 Å². The van der Waals surface area contributed by atoms with Crippen LogP contribution in [-0.2, 0) is 4.74 Å². The van der Waals surface area contributed by atoms with Crippen molar-refractivity contribution in [3.05, 3.63) is 41.9 Å². The molecule has 0 radical (unpaired) electrons. The molecule has 0 atom stereocenters. The summed E-state index contributed by atoms with van der Waals surface area (Å²) in [5.74, 6) is -0.296. The second-order valence-corrected chi connectivity index (χ2v) is 3.68. The number of methoxy groups -OCH3 is 1. The number of esters is 1. The third kappa shape index (κ3) is 2.81. The minimum Gasteiger partial charge on any atom is -0.463 e. The molecule has 0 fully saturated rings. The molecule has 2 N–H and O–H groups in total. The molecular formula is C13H10N4O3. The molecule has 100 valence electrons. The quantitative estimate of drug-likeness (QED) is 0.664. The van der Waals surface area contributed by atoms with Crippen molar-refractivity contribution in [3.63, 3.8) is 0 Å². The van der Waals surface area contributed by atoms with Crippen molar-refractivity contribution in [2.45, 2.75) is 0 Å². The number of rotatable bonds is 3. The molecule has 0 saturated heterocycles. The van der Waals surface area contributed by atoms with Crippen LogP contribution in [0, 0.1) is 11.3 Å². The van der Waals surface area contributed by atoms with E-state index in [4.69, 9.17) is 15.7 Å². The Morgan fingerprint density at radius 2 is 2.20 bits per heavy atom. The van der Waals surface area contributed by atoms with E-state index < -0.39 is 5.97 Å². The van der Waals surface area contributed by atoms with Crippen LogP contribution in [0.4, 0.5) is 5.69 Å². The van der Waals surface area contributed by atoms with Crippen LogP contribution in [0.25, 0.3) is 0 Å². The Balaban J connectivity index is 2.26. The summed E-state index contributed by atoms with van der Waals surface area (Å²) in [5.41, 5.74) is 6.48. The van der Waals surface area contributed by atoms with Gasteiger partial charge in [0.05, 0.1) is 24.4 Å². The molecule has 0 spiro atoms. The zero-order chi connectivity index (χ0) is 14.5. The Labute approximate surface area is 114 Å². The number of hydrogen-bond acceptors (Lipinski definition) is 7. The lowest BCUT2D eigenvalue weighted by Gasteiger charge is -2.08. The van der Waals surface area contributed by atoms with Gasteiger partial charge in [-0.2, -0.15) is 10.2 Å².